The van der Waals surface area contributed by atoms with Crippen LogP contribution in [0.5, 0.6) is 0 Å². The number of nitrogens with zero attached hydrogens (tertiary/aromatic N) is 4. The van der Waals surface area contributed by atoms with Gasteiger partial charge in [-0.2, -0.15) is 10.2 Å². The van der Waals surface area contributed by atoms with Gasteiger partial charge in [0.05, 0.1) is 23.6 Å². The van der Waals surface area contributed by atoms with Crippen LogP contribution in [0.2, 0.25) is 0 Å². The number of aromatic nitrogens is 4. The standard InChI is InChI=1S/C17H25N5O3S/c1-4-21-13(3)17(12(2)19-21)26(24,25)18-9-10-22-16(23)11-14-7-5-6-8-15(14)20-22/h11,18H,4-10H2,1-3H3. The van der Waals surface area contributed by atoms with Crippen LogP contribution >= 0.6 is 0 Å². The Morgan fingerprint density at radius 3 is 2.58 bits per heavy atom. The summed E-state index contributed by atoms with van der Waals surface area (Å²) < 4.78 is 30.9. The Morgan fingerprint density at radius 1 is 1.15 bits per heavy atom. The second-order valence-electron chi connectivity index (χ2n) is 6.60. The molecule has 0 fully saturated rings. The van der Waals surface area contributed by atoms with Crippen molar-refractivity contribution in [2.24, 2.45) is 0 Å². The van der Waals surface area contributed by atoms with Gasteiger partial charge in [0.25, 0.3) is 5.56 Å². The number of aryl methyl sites for hydroxylation is 4. The highest BCUT2D eigenvalue weighted by atomic mass is 32.2. The van der Waals surface area contributed by atoms with Gasteiger partial charge in [-0.1, -0.05) is 0 Å². The monoisotopic (exact) mass is 379 g/mol. The van der Waals surface area contributed by atoms with E-state index in [9.17, 15) is 13.2 Å². The minimum atomic E-state index is -3.69. The summed E-state index contributed by atoms with van der Waals surface area (Å²) in [6.07, 6.45) is 3.92. The van der Waals surface area contributed by atoms with Crippen molar-refractivity contribution in [1.29, 1.82) is 0 Å². The van der Waals surface area contributed by atoms with E-state index in [1.54, 1.807) is 24.6 Å². The summed E-state index contributed by atoms with van der Waals surface area (Å²) in [5.41, 5.74) is 2.88. The van der Waals surface area contributed by atoms with Gasteiger partial charge in [-0.3, -0.25) is 9.48 Å². The van der Waals surface area contributed by atoms with Crippen molar-refractivity contribution >= 4 is 10.0 Å². The van der Waals surface area contributed by atoms with Gasteiger partial charge in [-0.05, 0) is 52.0 Å². The van der Waals surface area contributed by atoms with E-state index in [4.69, 9.17) is 0 Å². The number of hydrogen-bond acceptors (Lipinski definition) is 5. The first-order valence-corrected chi connectivity index (χ1v) is 10.5. The predicted octanol–water partition coefficient (Wildman–Crippen LogP) is 0.934. The van der Waals surface area contributed by atoms with Gasteiger partial charge in [-0.25, -0.2) is 17.8 Å². The van der Waals surface area contributed by atoms with Gasteiger partial charge in [0.15, 0.2) is 0 Å². The molecule has 0 unspecified atom stereocenters. The fourth-order valence-corrected chi connectivity index (χ4v) is 4.92. The third kappa shape index (κ3) is 3.59. The Labute approximate surface area is 153 Å². The predicted molar refractivity (Wildman–Crippen MR) is 97.7 cm³/mol. The summed E-state index contributed by atoms with van der Waals surface area (Å²) in [5, 5.41) is 8.66. The van der Waals surface area contributed by atoms with Crippen LogP contribution in [0.15, 0.2) is 15.8 Å². The zero-order chi connectivity index (χ0) is 18.9. The van der Waals surface area contributed by atoms with Crippen LogP contribution < -0.4 is 10.3 Å². The fraction of sp³-hybridized carbons (Fsp3) is 0.588. The SMILES string of the molecule is CCn1nc(C)c(S(=O)(=O)NCCn2nc3c(cc2=O)CCCC3)c1C. The Kier molecular flexibility index (Phi) is 5.29. The van der Waals surface area contributed by atoms with Crippen molar-refractivity contribution in [2.45, 2.75) is 64.4 Å². The molecular weight excluding hydrogens is 354 g/mol. The Hall–Kier alpha value is -2.00. The van der Waals surface area contributed by atoms with Crippen LogP contribution in [-0.2, 0) is 36.0 Å². The molecule has 8 nitrogen and oxygen atoms in total. The maximum absolute atomic E-state index is 12.6. The van der Waals surface area contributed by atoms with Crippen molar-refractivity contribution in [2.75, 3.05) is 6.54 Å². The van der Waals surface area contributed by atoms with E-state index in [1.807, 2.05) is 6.92 Å². The van der Waals surface area contributed by atoms with Gasteiger partial charge in [-0.15, -0.1) is 0 Å². The highest BCUT2D eigenvalue weighted by molar-refractivity contribution is 7.89. The van der Waals surface area contributed by atoms with Crippen LogP contribution in [0.1, 0.15) is 42.4 Å². The molecule has 1 N–H and O–H groups in total. The summed E-state index contributed by atoms with van der Waals surface area (Å²) in [6.45, 7) is 6.25. The molecule has 1 aliphatic carbocycles. The molecule has 26 heavy (non-hydrogen) atoms. The largest absolute Gasteiger partial charge is 0.268 e. The molecule has 0 bridgehead atoms. The van der Waals surface area contributed by atoms with Crippen molar-refractivity contribution in [3.63, 3.8) is 0 Å². The van der Waals surface area contributed by atoms with Crippen molar-refractivity contribution in [3.8, 4) is 0 Å². The summed E-state index contributed by atoms with van der Waals surface area (Å²) in [4.78, 5) is 12.4. The van der Waals surface area contributed by atoms with Gasteiger partial charge < -0.3 is 0 Å². The number of fused-ring (bicyclic) bond motifs is 1. The third-order valence-electron chi connectivity index (χ3n) is 4.77. The van der Waals surface area contributed by atoms with Crippen LogP contribution in [0.4, 0.5) is 0 Å². The fourth-order valence-electron chi connectivity index (χ4n) is 3.50. The summed E-state index contributed by atoms with van der Waals surface area (Å²) in [6, 6.07) is 1.63. The first-order valence-electron chi connectivity index (χ1n) is 8.97. The molecule has 2 aromatic heterocycles. The van der Waals surface area contributed by atoms with Crippen molar-refractivity contribution in [3.05, 3.63) is 39.1 Å². The van der Waals surface area contributed by atoms with Crippen LogP contribution in [0.3, 0.4) is 0 Å². The number of hydrogen-bond donors (Lipinski definition) is 1. The van der Waals surface area contributed by atoms with Gasteiger partial charge in [0, 0.05) is 19.2 Å². The van der Waals surface area contributed by atoms with Crippen LogP contribution in [-0.4, -0.2) is 34.5 Å². The normalized spacial score (nSPS) is 14.4. The smallest absolute Gasteiger partial charge is 0.267 e. The molecule has 0 aliphatic heterocycles. The van der Waals surface area contributed by atoms with Crippen LogP contribution in [0.25, 0.3) is 0 Å². The lowest BCUT2D eigenvalue weighted by molar-refractivity contribution is 0.526. The van der Waals surface area contributed by atoms with E-state index in [0.717, 1.165) is 36.9 Å². The zero-order valence-electron chi connectivity index (χ0n) is 15.4. The molecule has 1 aliphatic rings. The van der Waals surface area contributed by atoms with E-state index < -0.39 is 10.0 Å². The molecular formula is C17H25N5O3S. The van der Waals surface area contributed by atoms with E-state index >= 15 is 0 Å². The molecule has 0 atom stereocenters. The summed E-state index contributed by atoms with van der Waals surface area (Å²) in [5.74, 6) is 0. The van der Waals surface area contributed by atoms with Gasteiger partial charge in [0.2, 0.25) is 10.0 Å². The van der Waals surface area contributed by atoms with E-state index in [1.165, 1.54) is 4.68 Å². The maximum atomic E-state index is 12.6. The van der Waals surface area contributed by atoms with Crippen molar-refractivity contribution in [1.82, 2.24) is 24.3 Å². The van der Waals surface area contributed by atoms with E-state index in [2.05, 4.69) is 14.9 Å². The molecule has 0 saturated carbocycles. The summed E-state index contributed by atoms with van der Waals surface area (Å²) in [7, 11) is -3.69. The first-order chi connectivity index (χ1) is 12.3. The van der Waals surface area contributed by atoms with Gasteiger partial charge in [0.1, 0.15) is 4.90 Å². The first kappa shape index (κ1) is 18.8. The molecule has 0 aromatic carbocycles. The molecule has 9 heteroatoms. The number of nitrogens with one attached hydrogen (secondary N) is 1. The minimum Gasteiger partial charge on any atom is -0.268 e. The van der Waals surface area contributed by atoms with Gasteiger partial charge >= 0.3 is 0 Å². The zero-order valence-corrected chi connectivity index (χ0v) is 16.3. The lowest BCUT2D eigenvalue weighted by Crippen LogP contribution is -2.33. The second kappa shape index (κ2) is 7.32. The topological polar surface area (TPSA) is 98.9 Å². The third-order valence-corrected chi connectivity index (χ3v) is 6.49. The highest BCUT2D eigenvalue weighted by Gasteiger charge is 2.24. The minimum absolute atomic E-state index is 0.101. The number of rotatable bonds is 6. The summed E-state index contributed by atoms with van der Waals surface area (Å²) >= 11 is 0. The van der Waals surface area contributed by atoms with E-state index in [0.29, 0.717) is 17.9 Å². The maximum Gasteiger partial charge on any atom is 0.267 e. The lowest BCUT2D eigenvalue weighted by atomic mass is 9.97. The number of sulfonamides is 1. The highest BCUT2D eigenvalue weighted by Crippen LogP contribution is 2.19. The second-order valence-corrected chi connectivity index (χ2v) is 8.30. The molecule has 2 aromatic rings. The Balaban J connectivity index is 1.74. The Morgan fingerprint density at radius 2 is 1.88 bits per heavy atom. The van der Waals surface area contributed by atoms with E-state index in [-0.39, 0.29) is 23.5 Å². The molecule has 3 rings (SSSR count). The average molecular weight is 379 g/mol. The molecule has 142 valence electrons. The molecule has 0 spiro atoms. The Bertz CT molecular complexity index is 975. The lowest BCUT2D eigenvalue weighted by Gasteiger charge is -2.16. The van der Waals surface area contributed by atoms with Crippen molar-refractivity contribution < 1.29 is 8.42 Å². The molecule has 0 amide bonds. The molecule has 2 heterocycles. The van der Waals surface area contributed by atoms with Crippen LogP contribution in [0, 0.1) is 13.8 Å². The molecule has 0 radical (unpaired) electrons. The average Bonchev–Trinajstić information content (AvgIpc) is 2.89. The molecule has 0 saturated heterocycles. The quantitative estimate of drug-likeness (QED) is 0.805.